The molecule has 1 aromatic heterocycles. The van der Waals surface area contributed by atoms with Crippen molar-refractivity contribution in [1.82, 2.24) is 4.98 Å². The third-order valence-corrected chi connectivity index (χ3v) is 2.83. The van der Waals surface area contributed by atoms with Crippen molar-refractivity contribution in [2.75, 3.05) is 11.2 Å². The van der Waals surface area contributed by atoms with Crippen molar-refractivity contribution in [3.63, 3.8) is 0 Å². The van der Waals surface area contributed by atoms with E-state index >= 15 is 0 Å². The molecule has 1 atom stereocenters. The van der Waals surface area contributed by atoms with Gasteiger partial charge in [0.1, 0.15) is 5.82 Å². The van der Waals surface area contributed by atoms with Gasteiger partial charge in [-0.05, 0) is 24.5 Å². The molecule has 0 fully saturated rings. The maximum atomic E-state index is 6.02. The van der Waals surface area contributed by atoms with Gasteiger partial charge in [-0.25, -0.2) is 4.98 Å². The van der Waals surface area contributed by atoms with Crippen LogP contribution in [0.1, 0.15) is 20.3 Å². The van der Waals surface area contributed by atoms with Gasteiger partial charge < -0.3 is 5.32 Å². The highest BCUT2D eigenvalue weighted by molar-refractivity contribution is 6.32. The molecule has 0 saturated carbocycles. The molecule has 0 aliphatic carbocycles. The van der Waals surface area contributed by atoms with Crippen LogP contribution in [-0.4, -0.2) is 16.9 Å². The zero-order valence-electron chi connectivity index (χ0n) is 9.00. The fourth-order valence-corrected chi connectivity index (χ4v) is 1.77. The molecule has 4 heteroatoms. The molecule has 0 aromatic carbocycles. The topological polar surface area (TPSA) is 24.9 Å². The fraction of sp³-hybridized carbons (Fsp3) is 0.545. The molecule has 1 aromatic rings. The van der Waals surface area contributed by atoms with Gasteiger partial charge in [0.25, 0.3) is 0 Å². The first kappa shape index (κ1) is 12.6. The molecule has 0 bridgehead atoms. The van der Waals surface area contributed by atoms with E-state index in [0.29, 0.717) is 22.9 Å². The minimum atomic E-state index is 0.315. The van der Waals surface area contributed by atoms with Crippen LogP contribution < -0.4 is 5.32 Å². The van der Waals surface area contributed by atoms with Crippen LogP contribution in [0.4, 0.5) is 5.82 Å². The van der Waals surface area contributed by atoms with E-state index in [0.717, 1.165) is 12.2 Å². The predicted octanol–water partition coefficient (Wildman–Crippen LogP) is 3.80. The van der Waals surface area contributed by atoms with E-state index in [1.54, 1.807) is 6.20 Å². The highest BCUT2D eigenvalue weighted by Crippen LogP contribution is 2.21. The molecular formula is C11H16Cl2N2. The average molecular weight is 247 g/mol. The van der Waals surface area contributed by atoms with E-state index in [1.165, 1.54) is 0 Å². The molecule has 0 amide bonds. The molecule has 0 aliphatic heterocycles. The first-order valence-corrected chi connectivity index (χ1v) is 5.99. The van der Waals surface area contributed by atoms with Gasteiger partial charge in [0.2, 0.25) is 0 Å². The van der Waals surface area contributed by atoms with Gasteiger partial charge in [-0.2, -0.15) is 0 Å². The number of halogens is 2. The minimum Gasteiger partial charge on any atom is -0.366 e. The lowest BCUT2D eigenvalue weighted by atomic mass is 10.0. The van der Waals surface area contributed by atoms with Crippen LogP contribution in [-0.2, 0) is 0 Å². The molecule has 1 heterocycles. The summed E-state index contributed by atoms with van der Waals surface area (Å²) in [6, 6.07) is 3.96. The lowest BCUT2D eigenvalue weighted by Crippen LogP contribution is -2.26. The summed E-state index contributed by atoms with van der Waals surface area (Å²) >= 11 is 11.8. The summed E-state index contributed by atoms with van der Waals surface area (Å²) in [5.41, 5.74) is 0. The quantitative estimate of drug-likeness (QED) is 0.800. The maximum absolute atomic E-state index is 6.02. The van der Waals surface area contributed by atoms with Crippen LogP contribution in [0.2, 0.25) is 5.02 Å². The summed E-state index contributed by atoms with van der Waals surface area (Å²) in [6.45, 7) is 4.31. The summed E-state index contributed by atoms with van der Waals surface area (Å²) < 4.78 is 0. The molecule has 1 unspecified atom stereocenters. The number of anilines is 1. The average Bonchev–Trinajstić information content (AvgIpc) is 2.20. The van der Waals surface area contributed by atoms with Gasteiger partial charge in [-0.1, -0.05) is 25.4 Å². The van der Waals surface area contributed by atoms with Crippen LogP contribution in [0.3, 0.4) is 0 Å². The molecule has 0 spiro atoms. The monoisotopic (exact) mass is 246 g/mol. The second kappa shape index (κ2) is 6.19. The Labute approximate surface area is 101 Å². The SMILES string of the molecule is CC(C)C(CCCl)Nc1ncccc1Cl. The molecule has 15 heavy (non-hydrogen) atoms. The number of pyridine rings is 1. The van der Waals surface area contributed by atoms with Gasteiger partial charge in [0.15, 0.2) is 0 Å². The number of hydrogen-bond acceptors (Lipinski definition) is 2. The summed E-state index contributed by atoms with van der Waals surface area (Å²) in [5, 5.41) is 3.97. The number of alkyl halides is 1. The Morgan fingerprint density at radius 1 is 1.47 bits per heavy atom. The van der Waals surface area contributed by atoms with Crippen LogP contribution in [0.15, 0.2) is 18.3 Å². The Hall–Kier alpha value is -0.470. The molecule has 0 saturated heterocycles. The van der Waals surface area contributed by atoms with Gasteiger partial charge in [0, 0.05) is 18.1 Å². The predicted molar refractivity (Wildman–Crippen MR) is 66.8 cm³/mol. The van der Waals surface area contributed by atoms with Gasteiger partial charge in [-0.15, -0.1) is 11.6 Å². The largest absolute Gasteiger partial charge is 0.366 e. The highest BCUT2D eigenvalue weighted by atomic mass is 35.5. The first-order valence-electron chi connectivity index (χ1n) is 5.08. The lowest BCUT2D eigenvalue weighted by Gasteiger charge is -2.22. The van der Waals surface area contributed by atoms with Crippen LogP contribution in [0, 0.1) is 5.92 Å². The third-order valence-electron chi connectivity index (χ3n) is 2.31. The van der Waals surface area contributed by atoms with Crippen molar-refractivity contribution in [3.8, 4) is 0 Å². The van der Waals surface area contributed by atoms with E-state index in [-0.39, 0.29) is 0 Å². The molecule has 2 nitrogen and oxygen atoms in total. The maximum Gasteiger partial charge on any atom is 0.144 e. The normalized spacial score (nSPS) is 12.9. The van der Waals surface area contributed by atoms with Crippen LogP contribution in [0.25, 0.3) is 0 Å². The van der Waals surface area contributed by atoms with Crippen molar-refractivity contribution in [3.05, 3.63) is 23.4 Å². The van der Waals surface area contributed by atoms with Crippen molar-refractivity contribution in [1.29, 1.82) is 0 Å². The third kappa shape index (κ3) is 3.88. The Bertz CT molecular complexity index is 302. The second-order valence-corrected chi connectivity index (χ2v) is 4.59. The lowest BCUT2D eigenvalue weighted by molar-refractivity contribution is 0.512. The van der Waals surface area contributed by atoms with E-state index in [2.05, 4.69) is 24.1 Å². The molecule has 1 rings (SSSR count). The highest BCUT2D eigenvalue weighted by Gasteiger charge is 2.14. The standard InChI is InChI=1S/C11H16Cl2N2/c1-8(2)10(5-6-12)15-11-9(13)4-3-7-14-11/h3-4,7-8,10H,5-6H2,1-2H3,(H,14,15). The van der Waals surface area contributed by atoms with Crippen molar-refractivity contribution >= 4 is 29.0 Å². The molecule has 1 N–H and O–H groups in total. The molecule has 0 aliphatic rings. The molecule has 84 valence electrons. The fourth-order valence-electron chi connectivity index (χ4n) is 1.36. The van der Waals surface area contributed by atoms with E-state index in [1.807, 2.05) is 12.1 Å². The zero-order chi connectivity index (χ0) is 11.3. The minimum absolute atomic E-state index is 0.315. The Balaban J connectivity index is 2.69. The Morgan fingerprint density at radius 2 is 2.20 bits per heavy atom. The number of rotatable bonds is 5. The molecule has 0 radical (unpaired) electrons. The van der Waals surface area contributed by atoms with Gasteiger partial charge >= 0.3 is 0 Å². The van der Waals surface area contributed by atoms with Gasteiger partial charge in [0.05, 0.1) is 5.02 Å². The number of hydrogen-bond donors (Lipinski definition) is 1. The first-order chi connectivity index (χ1) is 7.15. The Morgan fingerprint density at radius 3 is 2.73 bits per heavy atom. The molecular weight excluding hydrogens is 231 g/mol. The number of nitrogens with one attached hydrogen (secondary N) is 1. The van der Waals surface area contributed by atoms with E-state index in [9.17, 15) is 0 Å². The van der Waals surface area contributed by atoms with Gasteiger partial charge in [-0.3, -0.25) is 0 Å². The number of aromatic nitrogens is 1. The van der Waals surface area contributed by atoms with E-state index < -0.39 is 0 Å². The summed E-state index contributed by atoms with van der Waals surface area (Å²) in [7, 11) is 0. The van der Waals surface area contributed by atoms with Crippen LogP contribution in [0.5, 0.6) is 0 Å². The summed E-state index contributed by atoms with van der Waals surface area (Å²) in [5.74, 6) is 1.88. The van der Waals surface area contributed by atoms with Crippen LogP contribution >= 0.6 is 23.2 Å². The summed E-state index contributed by atoms with van der Waals surface area (Å²) in [4.78, 5) is 4.20. The zero-order valence-corrected chi connectivity index (χ0v) is 10.5. The van der Waals surface area contributed by atoms with Crippen molar-refractivity contribution < 1.29 is 0 Å². The smallest absolute Gasteiger partial charge is 0.144 e. The second-order valence-electron chi connectivity index (χ2n) is 3.81. The summed E-state index contributed by atoms with van der Waals surface area (Å²) in [6.07, 6.45) is 2.64. The van der Waals surface area contributed by atoms with Crippen molar-refractivity contribution in [2.24, 2.45) is 5.92 Å². The van der Waals surface area contributed by atoms with Crippen molar-refractivity contribution in [2.45, 2.75) is 26.3 Å². The Kier molecular flexibility index (Phi) is 5.20. The number of nitrogens with zero attached hydrogens (tertiary/aromatic N) is 1. The van der Waals surface area contributed by atoms with E-state index in [4.69, 9.17) is 23.2 Å².